The van der Waals surface area contributed by atoms with Crippen molar-refractivity contribution >= 4 is 23.2 Å². The first kappa shape index (κ1) is 27.2. The van der Waals surface area contributed by atoms with Crippen LogP contribution in [0, 0.1) is 6.92 Å². The lowest BCUT2D eigenvalue weighted by Crippen LogP contribution is -2.43. The van der Waals surface area contributed by atoms with Gasteiger partial charge in [0.1, 0.15) is 18.0 Å². The van der Waals surface area contributed by atoms with Gasteiger partial charge < -0.3 is 24.0 Å². The molecule has 7 nitrogen and oxygen atoms in total. The van der Waals surface area contributed by atoms with Crippen LogP contribution in [-0.2, 0) is 22.6 Å². The summed E-state index contributed by atoms with van der Waals surface area (Å²) in [6.07, 6.45) is 0.610. The second kappa shape index (κ2) is 13.7. The molecule has 0 aliphatic carbocycles. The molecular weight excluding hydrogens is 476 g/mol. The van der Waals surface area contributed by atoms with Gasteiger partial charge in [0, 0.05) is 43.3 Å². The molecule has 0 radical (unpaired) electrons. The fourth-order valence-electron chi connectivity index (χ4n) is 3.80. The van der Waals surface area contributed by atoms with Crippen LogP contribution in [0.25, 0.3) is 0 Å². The molecule has 192 valence electrons. The maximum absolute atomic E-state index is 13.7. The van der Waals surface area contributed by atoms with E-state index in [1.165, 1.54) is 14.2 Å². The number of ether oxygens (including phenoxy) is 3. The maximum atomic E-state index is 13.7. The van der Waals surface area contributed by atoms with Gasteiger partial charge in [-0.3, -0.25) is 9.59 Å². The number of rotatable bonds is 13. The zero-order valence-corrected chi connectivity index (χ0v) is 22.2. The van der Waals surface area contributed by atoms with Crippen LogP contribution in [-0.4, -0.2) is 62.6 Å². The molecule has 2 aromatic carbocycles. The Kier molecular flexibility index (Phi) is 10.3. The van der Waals surface area contributed by atoms with E-state index in [0.717, 1.165) is 16.0 Å². The van der Waals surface area contributed by atoms with Crippen LogP contribution in [0.5, 0.6) is 11.5 Å². The molecule has 1 heterocycles. The Labute approximate surface area is 217 Å². The van der Waals surface area contributed by atoms with E-state index in [1.807, 2.05) is 47.5 Å². The van der Waals surface area contributed by atoms with Crippen LogP contribution >= 0.6 is 11.3 Å². The molecule has 1 aromatic heterocycles. The summed E-state index contributed by atoms with van der Waals surface area (Å²) in [4.78, 5) is 31.8. The highest BCUT2D eigenvalue weighted by Gasteiger charge is 2.24. The first-order valence-corrected chi connectivity index (χ1v) is 12.7. The first-order valence-electron chi connectivity index (χ1n) is 11.8. The van der Waals surface area contributed by atoms with Crippen molar-refractivity contribution in [3.8, 4) is 11.5 Å². The summed E-state index contributed by atoms with van der Waals surface area (Å²) < 4.78 is 15.9. The minimum atomic E-state index is -0.261. The van der Waals surface area contributed by atoms with Crippen molar-refractivity contribution in [3.63, 3.8) is 0 Å². The predicted molar refractivity (Wildman–Crippen MR) is 142 cm³/mol. The second-order valence-corrected chi connectivity index (χ2v) is 9.44. The Morgan fingerprint density at radius 1 is 0.889 bits per heavy atom. The molecule has 0 aliphatic heterocycles. The summed E-state index contributed by atoms with van der Waals surface area (Å²) in [6, 6.07) is 17.0. The largest absolute Gasteiger partial charge is 0.497 e. The van der Waals surface area contributed by atoms with Crippen molar-refractivity contribution in [1.29, 1.82) is 0 Å². The highest BCUT2D eigenvalue weighted by Crippen LogP contribution is 2.24. The maximum Gasteiger partial charge on any atom is 0.254 e. The van der Waals surface area contributed by atoms with E-state index in [0.29, 0.717) is 49.7 Å². The van der Waals surface area contributed by atoms with E-state index in [1.54, 1.807) is 41.5 Å². The molecule has 0 saturated heterocycles. The second-order valence-electron chi connectivity index (χ2n) is 8.44. The molecule has 2 amide bonds. The SMILES string of the molecule is COCCCN(CC(=O)N(Cc1ccccc1)Cc1sccc1C)C(=O)c1cc(OC)cc(OC)c1. The van der Waals surface area contributed by atoms with E-state index < -0.39 is 0 Å². The Bertz CT molecular complexity index is 1110. The summed E-state index contributed by atoms with van der Waals surface area (Å²) in [7, 11) is 4.70. The fraction of sp³-hybridized carbons (Fsp3) is 0.357. The Balaban J connectivity index is 1.86. The lowest BCUT2D eigenvalue weighted by molar-refractivity contribution is -0.133. The number of benzene rings is 2. The number of amides is 2. The van der Waals surface area contributed by atoms with E-state index >= 15 is 0 Å². The number of thiophene rings is 1. The quantitative estimate of drug-likeness (QED) is 0.310. The Morgan fingerprint density at radius 2 is 1.58 bits per heavy atom. The van der Waals surface area contributed by atoms with Gasteiger partial charge in [0.15, 0.2) is 0 Å². The van der Waals surface area contributed by atoms with Gasteiger partial charge in [-0.25, -0.2) is 0 Å². The summed E-state index contributed by atoms with van der Waals surface area (Å²) in [5.74, 6) is 0.649. The molecule has 3 aromatic rings. The van der Waals surface area contributed by atoms with Crippen molar-refractivity contribution in [3.05, 3.63) is 81.5 Å². The van der Waals surface area contributed by atoms with Gasteiger partial charge >= 0.3 is 0 Å². The molecule has 0 spiro atoms. The molecule has 0 unspecified atom stereocenters. The number of carbonyl (C=O) groups is 2. The third kappa shape index (κ3) is 7.57. The van der Waals surface area contributed by atoms with Crippen molar-refractivity contribution < 1.29 is 23.8 Å². The van der Waals surface area contributed by atoms with Gasteiger partial charge in [0.25, 0.3) is 5.91 Å². The Morgan fingerprint density at radius 3 is 2.17 bits per heavy atom. The molecule has 3 rings (SSSR count). The zero-order chi connectivity index (χ0) is 25.9. The highest BCUT2D eigenvalue weighted by molar-refractivity contribution is 7.10. The summed E-state index contributed by atoms with van der Waals surface area (Å²) in [5, 5.41) is 2.03. The molecule has 0 bridgehead atoms. The monoisotopic (exact) mass is 510 g/mol. The van der Waals surface area contributed by atoms with Gasteiger partial charge in [0.05, 0.1) is 20.8 Å². The number of nitrogens with zero attached hydrogens (tertiary/aromatic N) is 2. The number of hydrogen-bond donors (Lipinski definition) is 0. The van der Waals surface area contributed by atoms with Gasteiger partial charge in [-0.15, -0.1) is 11.3 Å². The van der Waals surface area contributed by atoms with Gasteiger partial charge in [-0.2, -0.15) is 0 Å². The topological polar surface area (TPSA) is 68.3 Å². The van der Waals surface area contributed by atoms with Crippen LogP contribution in [0.4, 0.5) is 0 Å². The normalized spacial score (nSPS) is 10.7. The van der Waals surface area contributed by atoms with Crippen LogP contribution < -0.4 is 9.47 Å². The lowest BCUT2D eigenvalue weighted by Gasteiger charge is -2.28. The predicted octanol–water partition coefficient (Wildman–Crippen LogP) is 4.78. The molecule has 0 N–H and O–H groups in total. The van der Waals surface area contributed by atoms with E-state index in [9.17, 15) is 9.59 Å². The average Bonchev–Trinajstić information content (AvgIpc) is 3.31. The summed E-state index contributed by atoms with van der Waals surface area (Å²) in [6.45, 7) is 3.83. The molecule has 0 saturated carbocycles. The van der Waals surface area contributed by atoms with Gasteiger partial charge in [-0.1, -0.05) is 30.3 Å². The highest BCUT2D eigenvalue weighted by atomic mass is 32.1. The average molecular weight is 511 g/mol. The molecular formula is C28H34N2O5S. The number of aryl methyl sites for hydroxylation is 1. The van der Waals surface area contributed by atoms with Crippen molar-refractivity contribution in [2.24, 2.45) is 0 Å². The van der Waals surface area contributed by atoms with Crippen LogP contribution in [0.2, 0.25) is 0 Å². The third-order valence-corrected chi connectivity index (χ3v) is 6.87. The number of hydrogen-bond acceptors (Lipinski definition) is 6. The van der Waals surface area contributed by atoms with Gasteiger partial charge in [0.2, 0.25) is 5.91 Å². The Hall–Kier alpha value is -3.36. The minimum absolute atomic E-state index is 0.0423. The van der Waals surface area contributed by atoms with Crippen LogP contribution in [0.15, 0.2) is 60.0 Å². The summed E-state index contributed by atoms with van der Waals surface area (Å²) >= 11 is 1.63. The molecule has 36 heavy (non-hydrogen) atoms. The van der Waals surface area contributed by atoms with E-state index in [4.69, 9.17) is 14.2 Å². The van der Waals surface area contributed by atoms with Crippen molar-refractivity contribution in [2.45, 2.75) is 26.4 Å². The summed E-state index contributed by atoms with van der Waals surface area (Å²) in [5.41, 5.74) is 2.59. The lowest BCUT2D eigenvalue weighted by atomic mass is 10.1. The van der Waals surface area contributed by atoms with E-state index in [2.05, 4.69) is 6.07 Å². The molecule has 0 aliphatic rings. The zero-order valence-electron chi connectivity index (χ0n) is 21.4. The fourth-order valence-corrected chi connectivity index (χ4v) is 4.73. The molecule has 0 atom stereocenters. The number of methoxy groups -OCH3 is 3. The molecule has 8 heteroatoms. The van der Waals surface area contributed by atoms with E-state index in [-0.39, 0.29) is 18.4 Å². The minimum Gasteiger partial charge on any atom is -0.497 e. The molecule has 0 fully saturated rings. The van der Waals surface area contributed by atoms with Crippen molar-refractivity contribution in [1.82, 2.24) is 9.80 Å². The standard InChI is InChI=1S/C28H34N2O5S/c1-21-11-14-36-26(21)19-30(18-22-9-6-5-7-10-22)27(31)20-29(12-8-13-33-2)28(32)23-15-24(34-3)17-25(16-23)35-4/h5-7,9-11,14-17H,8,12-13,18-20H2,1-4H3. The van der Waals surface area contributed by atoms with Crippen LogP contribution in [0.3, 0.4) is 0 Å². The smallest absolute Gasteiger partial charge is 0.254 e. The van der Waals surface area contributed by atoms with Crippen molar-refractivity contribution in [2.75, 3.05) is 41.0 Å². The number of carbonyl (C=O) groups excluding carboxylic acids is 2. The van der Waals surface area contributed by atoms with Gasteiger partial charge in [-0.05, 0) is 48.1 Å². The first-order chi connectivity index (χ1) is 17.4. The third-order valence-electron chi connectivity index (χ3n) is 5.86. The van der Waals surface area contributed by atoms with Crippen LogP contribution in [0.1, 0.15) is 32.8 Å².